The van der Waals surface area contributed by atoms with Gasteiger partial charge in [-0.3, -0.25) is 4.90 Å². The van der Waals surface area contributed by atoms with E-state index >= 15 is 0 Å². The van der Waals surface area contributed by atoms with E-state index in [1.165, 1.54) is 22.4 Å². The van der Waals surface area contributed by atoms with Gasteiger partial charge in [0.2, 0.25) is 0 Å². The minimum atomic E-state index is 0.277. The first-order valence-corrected chi connectivity index (χ1v) is 8.23. The molecule has 2 aromatic rings. The average molecular weight is 307 g/mol. The standard InChI is InChI=1S/C16H19ClN2S/c17-16-8-7-15(20-16)14(10-18)19-9-3-6-12-4-1-2-5-13(12)11-19/h1-2,4-5,7-8,14H,3,6,9-11,18H2. The Balaban J connectivity index is 1.86. The summed E-state index contributed by atoms with van der Waals surface area (Å²) in [6.45, 7) is 2.71. The fraction of sp³-hybridized carbons (Fsp3) is 0.375. The molecule has 1 aliphatic rings. The van der Waals surface area contributed by atoms with Gasteiger partial charge < -0.3 is 5.73 Å². The first-order chi connectivity index (χ1) is 9.78. The summed E-state index contributed by atoms with van der Waals surface area (Å²) in [5, 5.41) is 0. The maximum atomic E-state index is 6.07. The summed E-state index contributed by atoms with van der Waals surface area (Å²) in [5.74, 6) is 0. The third-order valence-electron chi connectivity index (χ3n) is 3.97. The van der Waals surface area contributed by atoms with Crippen molar-refractivity contribution >= 4 is 22.9 Å². The second-order valence-electron chi connectivity index (χ2n) is 5.24. The van der Waals surface area contributed by atoms with Crippen LogP contribution in [0.25, 0.3) is 0 Å². The molecule has 0 fully saturated rings. The van der Waals surface area contributed by atoms with E-state index in [0.717, 1.165) is 23.8 Å². The van der Waals surface area contributed by atoms with E-state index in [-0.39, 0.29) is 6.04 Å². The molecule has 1 aliphatic heterocycles. The highest BCUT2D eigenvalue weighted by atomic mass is 35.5. The lowest BCUT2D eigenvalue weighted by Crippen LogP contribution is -2.33. The first kappa shape index (κ1) is 14.1. The lowest BCUT2D eigenvalue weighted by atomic mass is 10.0. The van der Waals surface area contributed by atoms with Crippen molar-refractivity contribution < 1.29 is 0 Å². The van der Waals surface area contributed by atoms with E-state index < -0.39 is 0 Å². The van der Waals surface area contributed by atoms with Gasteiger partial charge >= 0.3 is 0 Å². The van der Waals surface area contributed by atoms with Crippen molar-refractivity contribution in [2.24, 2.45) is 5.73 Å². The largest absolute Gasteiger partial charge is 0.329 e. The summed E-state index contributed by atoms with van der Waals surface area (Å²) >= 11 is 7.72. The van der Waals surface area contributed by atoms with E-state index in [1.807, 2.05) is 6.07 Å². The Bertz CT molecular complexity index is 581. The van der Waals surface area contributed by atoms with Crippen LogP contribution < -0.4 is 5.73 Å². The monoisotopic (exact) mass is 306 g/mol. The molecular weight excluding hydrogens is 288 g/mol. The number of thiophene rings is 1. The molecule has 4 heteroatoms. The maximum Gasteiger partial charge on any atom is 0.0931 e. The van der Waals surface area contributed by atoms with Crippen molar-refractivity contribution in [1.29, 1.82) is 0 Å². The fourth-order valence-corrected chi connectivity index (χ4v) is 4.15. The fourth-order valence-electron chi connectivity index (χ4n) is 2.94. The summed E-state index contributed by atoms with van der Waals surface area (Å²) in [7, 11) is 0. The molecule has 0 radical (unpaired) electrons. The molecule has 2 N–H and O–H groups in total. The molecule has 1 aromatic carbocycles. The highest BCUT2D eigenvalue weighted by Gasteiger charge is 2.23. The molecule has 106 valence electrons. The van der Waals surface area contributed by atoms with Crippen molar-refractivity contribution in [3.8, 4) is 0 Å². The molecule has 1 aromatic heterocycles. The van der Waals surface area contributed by atoms with Gasteiger partial charge in [0.05, 0.1) is 10.4 Å². The molecule has 2 heterocycles. The third kappa shape index (κ3) is 2.91. The number of hydrogen-bond acceptors (Lipinski definition) is 3. The molecule has 0 amide bonds. The van der Waals surface area contributed by atoms with Crippen LogP contribution in [-0.4, -0.2) is 18.0 Å². The Morgan fingerprint density at radius 3 is 2.70 bits per heavy atom. The van der Waals surface area contributed by atoms with Crippen molar-refractivity contribution in [3.05, 3.63) is 56.7 Å². The lowest BCUT2D eigenvalue weighted by Gasteiger charge is -2.29. The Kier molecular flexibility index (Phi) is 4.41. The van der Waals surface area contributed by atoms with Crippen LogP contribution in [0.15, 0.2) is 36.4 Å². The van der Waals surface area contributed by atoms with E-state index in [1.54, 1.807) is 11.3 Å². The smallest absolute Gasteiger partial charge is 0.0931 e. The van der Waals surface area contributed by atoms with Gasteiger partial charge in [0.15, 0.2) is 0 Å². The third-order valence-corrected chi connectivity index (χ3v) is 5.30. The summed E-state index contributed by atoms with van der Waals surface area (Å²) in [6, 6.07) is 13.1. The second-order valence-corrected chi connectivity index (χ2v) is 6.98. The van der Waals surface area contributed by atoms with Crippen molar-refractivity contribution in [2.75, 3.05) is 13.1 Å². The number of aryl methyl sites for hydroxylation is 1. The molecule has 0 spiro atoms. The summed E-state index contributed by atoms with van der Waals surface area (Å²) in [5.41, 5.74) is 8.96. The first-order valence-electron chi connectivity index (χ1n) is 7.04. The zero-order chi connectivity index (χ0) is 13.9. The molecule has 3 rings (SSSR count). The van der Waals surface area contributed by atoms with Crippen LogP contribution in [-0.2, 0) is 13.0 Å². The number of fused-ring (bicyclic) bond motifs is 1. The molecule has 0 saturated carbocycles. The zero-order valence-corrected chi connectivity index (χ0v) is 13.0. The lowest BCUT2D eigenvalue weighted by molar-refractivity contribution is 0.198. The number of nitrogens with two attached hydrogens (primary N) is 1. The highest BCUT2D eigenvalue weighted by molar-refractivity contribution is 7.16. The summed E-state index contributed by atoms with van der Waals surface area (Å²) in [6.07, 6.45) is 2.35. The van der Waals surface area contributed by atoms with Gasteiger partial charge in [0.25, 0.3) is 0 Å². The Morgan fingerprint density at radius 1 is 1.20 bits per heavy atom. The van der Waals surface area contributed by atoms with E-state index in [9.17, 15) is 0 Å². The van der Waals surface area contributed by atoms with Crippen LogP contribution in [0.1, 0.15) is 28.5 Å². The quantitative estimate of drug-likeness (QED) is 0.933. The molecule has 1 atom stereocenters. The Labute approximate surface area is 129 Å². The van der Waals surface area contributed by atoms with Crippen LogP contribution in [0.5, 0.6) is 0 Å². The molecule has 0 saturated heterocycles. The molecule has 20 heavy (non-hydrogen) atoms. The zero-order valence-electron chi connectivity index (χ0n) is 11.4. The predicted molar refractivity (Wildman–Crippen MR) is 86.3 cm³/mol. The minimum absolute atomic E-state index is 0.277. The molecule has 0 aliphatic carbocycles. The van der Waals surface area contributed by atoms with E-state index in [0.29, 0.717) is 6.54 Å². The molecule has 0 bridgehead atoms. The van der Waals surface area contributed by atoms with Gasteiger partial charge in [-0.15, -0.1) is 11.3 Å². The van der Waals surface area contributed by atoms with Gasteiger partial charge in [-0.05, 0) is 42.6 Å². The number of benzene rings is 1. The van der Waals surface area contributed by atoms with Crippen molar-refractivity contribution in [2.45, 2.75) is 25.4 Å². The second kappa shape index (κ2) is 6.27. The summed E-state index contributed by atoms with van der Waals surface area (Å²) in [4.78, 5) is 3.77. The number of nitrogens with zero attached hydrogens (tertiary/aromatic N) is 1. The number of halogens is 1. The van der Waals surface area contributed by atoms with Gasteiger partial charge in [-0.1, -0.05) is 35.9 Å². The molecule has 2 nitrogen and oxygen atoms in total. The van der Waals surface area contributed by atoms with Crippen LogP contribution in [0.3, 0.4) is 0 Å². The Morgan fingerprint density at radius 2 is 2.00 bits per heavy atom. The van der Waals surface area contributed by atoms with Gasteiger partial charge in [0.1, 0.15) is 0 Å². The van der Waals surface area contributed by atoms with Gasteiger partial charge in [-0.2, -0.15) is 0 Å². The van der Waals surface area contributed by atoms with Crippen LogP contribution in [0, 0.1) is 0 Å². The number of hydrogen-bond donors (Lipinski definition) is 1. The minimum Gasteiger partial charge on any atom is -0.329 e. The maximum absolute atomic E-state index is 6.07. The SMILES string of the molecule is NCC(c1ccc(Cl)s1)N1CCCc2ccccc2C1. The topological polar surface area (TPSA) is 29.3 Å². The van der Waals surface area contributed by atoms with E-state index in [2.05, 4.69) is 35.2 Å². The van der Waals surface area contributed by atoms with Crippen molar-refractivity contribution in [1.82, 2.24) is 4.90 Å². The van der Waals surface area contributed by atoms with Crippen LogP contribution in [0.4, 0.5) is 0 Å². The number of rotatable bonds is 3. The Hall–Kier alpha value is -0.870. The van der Waals surface area contributed by atoms with Gasteiger partial charge in [-0.25, -0.2) is 0 Å². The normalized spacial score (nSPS) is 17.5. The van der Waals surface area contributed by atoms with Crippen molar-refractivity contribution in [3.63, 3.8) is 0 Å². The van der Waals surface area contributed by atoms with Crippen LogP contribution >= 0.6 is 22.9 Å². The van der Waals surface area contributed by atoms with E-state index in [4.69, 9.17) is 17.3 Å². The molecule has 1 unspecified atom stereocenters. The summed E-state index contributed by atoms with van der Waals surface area (Å²) < 4.78 is 0.841. The highest BCUT2D eigenvalue weighted by Crippen LogP contribution is 2.32. The van der Waals surface area contributed by atoms with Crippen LogP contribution in [0.2, 0.25) is 4.34 Å². The molecular formula is C16H19ClN2S. The average Bonchev–Trinajstić information content (AvgIpc) is 2.76. The van der Waals surface area contributed by atoms with Gasteiger partial charge in [0, 0.05) is 18.0 Å². The predicted octanol–water partition coefficient (Wildman–Crippen LogP) is 3.85.